The van der Waals surface area contributed by atoms with Crippen molar-refractivity contribution in [1.82, 2.24) is 25.5 Å². The molecule has 2 aromatic rings. The first-order valence-electron chi connectivity index (χ1n) is 4.95. The molecule has 17 heavy (non-hydrogen) atoms. The second-order valence-corrected chi connectivity index (χ2v) is 3.80. The molecule has 2 aromatic heterocycles. The monoisotopic (exact) mass is 251 g/mol. The fourth-order valence-corrected chi connectivity index (χ4v) is 1.46. The maximum Gasteiger partial charge on any atom is 0.270 e. The Balaban J connectivity index is 2.07. The van der Waals surface area contributed by atoms with Crippen LogP contribution in [0.1, 0.15) is 29.3 Å². The lowest BCUT2D eigenvalue weighted by atomic mass is 10.3. The number of aromatic nitrogens is 4. The van der Waals surface area contributed by atoms with Crippen molar-refractivity contribution in [2.45, 2.75) is 13.0 Å². The molecular weight excluding hydrogens is 242 g/mol. The number of hydrogen-bond acceptors (Lipinski definition) is 4. The predicted molar refractivity (Wildman–Crippen MR) is 61.5 cm³/mol. The van der Waals surface area contributed by atoms with E-state index in [1.165, 1.54) is 6.33 Å². The molecule has 1 unspecified atom stereocenters. The van der Waals surface area contributed by atoms with Gasteiger partial charge in [-0.2, -0.15) is 5.10 Å². The topological polar surface area (TPSA) is 83.6 Å². The molecule has 0 fully saturated rings. The zero-order valence-electron chi connectivity index (χ0n) is 9.01. The molecule has 88 valence electrons. The average molecular weight is 252 g/mol. The summed E-state index contributed by atoms with van der Waals surface area (Å²) >= 11 is 5.71. The van der Waals surface area contributed by atoms with Crippen molar-refractivity contribution in [3.8, 4) is 0 Å². The maximum atomic E-state index is 11.8. The third-order valence-corrected chi connectivity index (χ3v) is 2.35. The van der Waals surface area contributed by atoms with E-state index in [9.17, 15) is 4.79 Å². The van der Waals surface area contributed by atoms with Gasteiger partial charge in [-0.15, -0.1) is 0 Å². The molecule has 7 heteroatoms. The predicted octanol–water partition coefficient (Wildman–Crippen LogP) is 1.34. The molecule has 0 saturated carbocycles. The zero-order valence-corrected chi connectivity index (χ0v) is 9.77. The van der Waals surface area contributed by atoms with E-state index in [4.69, 9.17) is 11.6 Å². The van der Waals surface area contributed by atoms with Crippen molar-refractivity contribution in [1.29, 1.82) is 0 Å². The van der Waals surface area contributed by atoms with Gasteiger partial charge in [0.25, 0.3) is 5.91 Å². The third kappa shape index (κ3) is 2.79. The molecule has 6 nitrogen and oxygen atoms in total. The fraction of sp³-hybridized carbons (Fsp3) is 0.200. The average Bonchev–Trinajstić information content (AvgIpc) is 2.82. The fourth-order valence-electron chi connectivity index (χ4n) is 1.30. The van der Waals surface area contributed by atoms with Crippen molar-refractivity contribution in [2.75, 3.05) is 0 Å². The Morgan fingerprint density at radius 2 is 2.35 bits per heavy atom. The van der Waals surface area contributed by atoms with Gasteiger partial charge in [0.2, 0.25) is 0 Å². The van der Waals surface area contributed by atoms with E-state index in [-0.39, 0.29) is 22.8 Å². The first-order valence-corrected chi connectivity index (χ1v) is 5.33. The summed E-state index contributed by atoms with van der Waals surface area (Å²) < 4.78 is 0. The summed E-state index contributed by atoms with van der Waals surface area (Å²) in [5.41, 5.74) is 0.267. The van der Waals surface area contributed by atoms with Crippen LogP contribution in [0.25, 0.3) is 0 Å². The molecule has 0 aliphatic heterocycles. The molecule has 2 heterocycles. The van der Waals surface area contributed by atoms with E-state index >= 15 is 0 Å². The van der Waals surface area contributed by atoms with Gasteiger partial charge in [-0.05, 0) is 19.1 Å². The second-order valence-electron chi connectivity index (χ2n) is 3.41. The highest BCUT2D eigenvalue weighted by molar-refractivity contribution is 6.29. The molecule has 1 atom stereocenters. The minimum absolute atomic E-state index is 0.267. The van der Waals surface area contributed by atoms with Gasteiger partial charge >= 0.3 is 0 Å². The maximum absolute atomic E-state index is 11.8. The number of carbonyl (C=O) groups excluding carboxylic acids is 1. The summed E-state index contributed by atoms with van der Waals surface area (Å²) in [4.78, 5) is 19.7. The van der Waals surface area contributed by atoms with Crippen LogP contribution in [-0.2, 0) is 0 Å². The number of nitrogens with one attached hydrogen (secondary N) is 2. The minimum Gasteiger partial charge on any atom is -0.341 e. The minimum atomic E-state index is -0.309. The lowest BCUT2D eigenvalue weighted by Gasteiger charge is -2.10. The Morgan fingerprint density at radius 3 is 3.00 bits per heavy atom. The van der Waals surface area contributed by atoms with Crippen molar-refractivity contribution < 1.29 is 4.79 Å². The second kappa shape index (κ2) is 4.92. The highest BCUT2D eigenvalue weighted by atomic mass is 35.5. The van der Waals surface area contributed by atoms with E-state index in [0.29, 0.717) is 5.82 Å². The van der Waals surface area contributed by atoms with Crippen LogP contribution < -0.4 is 5.32 Å². The summed E-state index contributed by atoms with van der Waals surface area (Å²) in [5, 5.41) is 9.41. The smallest absolute Gasteiger partial charge is 0.270 e. The number of rotatable bonds is 3. The van der Waals surface area contributed by atoms with Gasteiger partial charge in [0.1, 0.15) is 23.0 Å². The molecule has 2 N–H and O–H groups in total. The van der Waals surface area contributed by atoms with E-state index in [1.54, 1.807) is 25.1 Å². The SMILES string of the molecule is CC(NC(=O)c1cccc(Cl)n1)c1ncn[nH]1. The molecule has 0 bridgehead atoms. The van der Waals surface area contributed by atoms with Gasteiger partial charge in [0.15, 0.2) is 0 Å². The number of halogens is 1. The molecule has 1 amide bonds. The molecule has 0 aliphatic rings. The van der Waals surface area contributed by atoms with E-state index in [1.807, 2.05) is 0 Å². The van der Waals surface area contributed by atoms with Crippen LogP contribution in [0.3, 0.4) is 0 Å². The summed E-state index contributed by atoms with van der Waals surface area (Å²) in [5.74, 6) is 0.275. The van der Waals surface area contributed by atoms with E-state index in [2.05, 4.69) is 25.5 Å². The highest BCUT2D eigenvalue weighted by Crippen LogP contribution is 2.08. The molecule has 0 aromatic carbocycles. The van der Waals surface area contributed by atoms with Crippen molar-refractivity contribution in [3.63, 3.8) is 0 Å². The van der Waals surface area contributed by atoms with Gasteiger partial charge in [0, 0.05) is 0 Å². The quantitative estimate of drug-likeness (QED) is 0.807. The van der Waals surface area contributed by atoms with Crippen LogP contribution in [-0.4, -0.2) is 26.1 Å². The van der Waals surface area contributed by atoms with Crippen molar-refractivity contribution in [3.05, 3.63) is 41.2 Å². The van der Waals surface area contributed by atoms with Crippen molar-refractivity contribution >= 4 is 17.5 Å². The number of amides is 1. The third-order valence-electron chi connectivity index (χ3n) is 2.14. The van der Waals surface area contributed by atoms with Crippen LogP contribution >= 0.6 is 11.6 Å². The van der Waals surface area contributed by atoms with E-state index < -0.39 is 0 Å². The number of H-pyrrole nitrogens is 1. The Morgan fingerprint density at radius 1 is 1.53 bits per heavy atom. The Kier molecular flexibility index (Phi) is 3.34. The normalized spacial score (nSPS) is 12.1. The summed E-state index contributed by atoms with van der Waals surface area (Å²) in [6, 6.07) is 4.60. The Labute approximate surface area is 102 Å². The lowest BCUT2D eigenvalue weighted by molar-refractivity contribution is 0.0933. The number of carbonyl (C=O) groups is 1. The first-order chi connectivity index (χ1) is 8.16. The number of aromatic amines is 1. The van der Waals surface area contributed by atoms with Crippen molar-refractivity contribution in [2.24, 2.45) is 0 Å². The largest absolute Gasteiger partial charge is 0.341 e. The van der Waals surface area contributed by atoms with Gasteiger partial charge in [-0.1, -0.05) is 17.7 Å². The summed E-state index contributed by atoms with van der Waals surface area (Å²) in [6.07, 6.45) is 1.38. The Hall–Kier alpha value is -1.95. The number of nitrogens with zero attached hydrogens (tertiary/aromatic N) is 3. The van der Waals surface area contributed by atoms with Gasteiger partial charge in [-0.3, -0.25) is 9.89 Å². The lowest BCUT2D eigenvalue weighted by Crippen LogP contribution is -2.28. The molecule has 0 radical (unpaired) electrons. The van der Waals surface area contributed by atoms with Crippen LogP contribution in [0.5, 0.6) is 0 Å². The van der Waals surface area contributed by atoms with Crippen LogP contribution in [0.2, 0.25) is 5.15 Å². The van der Waals surface area contributed by atoms with Gasteiger partial charge in [-0.25, -0.2) is 9.97 Å². The Bertz CT molecular complexity index is 513. The molecule has 0 aliphatic carbocycles. The first kappa shape index (κ1) is 11.5. The summed E-state index contributed by atoms with van der Waals surface area (Å²) in [7, 11) is 0. The molecule has 0 spiro atoms. The molecular formula is C10H10ClN5O. The van der Waals surface area contributed by atoms with Crippen LogP contribution in [0, 0.1) is 0 Å². The van der Waals surface area contributed by atoms with Crippen LogP contribution in [0.15, 0.2) is 24.5 Å². The number of pyridine rings is 1. The highest BCUT2D eigenvalue weighted by Gasteiger charge is 2.14. The van der Waals surface area contributed by atoms with Gasteiger partial charge in [0.05, 0.1) is 6.04 Å². The van der Waals surface area contributed by atoms with Gasteiger partial charge < -0.3 is 5.32 Å². The summed E-state index contributed by atoms with van der Waals surface area (Å²) in [6.45, 7) is 1.79. The number of hydrogen-bond donors (Lipinski definition) is 2. The standard InChI is InChI=1S/C10H10ClN5O/c1-6(9-12-5-13-16-9)14-10(17)7-3-2-4-8(11)15-7/h2-6H,1H3,(H,14,17)(H,12,13,16). The van der Waals surface area contributed by atoms with Crippen LogP contribution in [0.4, 0.5) is 0 Å². The van der Waals surface area contributed by atoms with E-state index in [0.717, 1.165) is 0 Å². The molecule has 2 rings (SSSR count). The zero-order chi connectivity index (χ0) is 12.3. The molecule has 0 saturated heterocycles.